The number of benzene rings is 1. The van der Waals surface area contributed by atoms with Gasteiger partial charge in [0.05, 0.1) is 68.1 Å². The van der Waals surface area contributed by atoms with Gasteiger partial charge in [0.25, 0.3) is 25.9 Å². The monoisotopic (exact) mass is 555 g/mol. The number of hydrogen-bond donors (Lipinski definition) is 1. The normalized spacial score (nSPS) is 15.5. The molecule has 1 aromatic rings. The third kappa shape index (κ3) is 8.38. The van der Waals surface area contributed by atoms with E-state index < -0.39 is 59.0 Å². The summed E-state index contributed by atoms with van der Waals surface area (Å²) in [5, 5.41) is 13.4. The summed E-state index contributed by atoms with van der Waals surface area (Å²) in [6.07, 6.45) is 7.23. The van der Waals surface area contributed by atoms with Crippen LogP contribution in [0.25, 0.3) is 0 Å². The number of rotatable bonds is 12. The molecular formula is C18H27N4O10S3+. The van der Waals surface area contributed by atoms with Crippen LogP contribution in [0.15, 0.2) is 17.0 Å². The minimum atomic E-state index is -4.28. The molecule has 0 aromatic heterocycles. The van der Waals surface area contributed by atoms with E-state index in [9.17, 15) is 35.4 Å². The van der Waals surface area contributed by atoms with Gasteiger partial charge in [0.2, 0.25) is 10.0 Å². The van der Waals surface area contributed by atoms with Crippen molar-refractivity contribution in [2.45, 2.75) is 4.90 Å². The lowest BCUT2D eigenvalue weighted by molar-refractivity contribution is -0.661. The Balaban J connectivity index is 2.65. The van der Waals surface area contributed by atoms with E-state index in [0.29, 0.717) is 13.1 Å². The molecule has 0 saturated carbocycles. The first kappa shape index (κ1) is 28.9. The van der Waals surface area contributed by atoms with Gasteiger partial charge in [-0.25, -0.2) is 8.42 Å². The van der Waals surface area contributed by atoms with E-state index in [1.807, 2.05) is 5.32 Å². The van der Waals surface area contributed by atoms with Crippen LogP contribution in [-0.4, -0.2) is 99.5 Å². The molecule has 0 aliphatic carbocycles. The number of nitrogens with zero attached hydrogens (tertiary/aromatic N) is 3. The summed E-state index contributed by atoms with van der Waals surface area (Å²) in [5.41, 5.74) is -0.828. The van der Waals surface area contributed by atoms with E-state index in [-0.39, 0.29) is 37.4 Å². The standard InChI is InChI=1S/C18H26N4O10S3/c1-4-15-13-16(22(23)24)14-17(35(29,30)21-7-5-19-6-8-21)18(15)20(9-11-31-33(2,25)26)10-12-32-34(3,27)28/h1,13-14,19H,5-12H2,2-3H3/p+1. The summed E-state index contributed by atoms with van der Waals surface area (Å²) in [6, 6.07) is 1.89. The third-order valence-electron chi connectivity index (χ3n) is 4.84. The average molecular weight is 556 g/mol. The van der Waals surface area contributed by atoms with Crippen molar-refractivity contribution in [1.29, 1.82) is 0 Å². The van der Waals surface area contributed by atoms with Gasteiger partial charge in [0.15, 0.2) is 0 Å². The van der Waals surface area contributed by atoms with Crippen molar-refractivity contribution < 1.29 is 43.9 Å². The lowest BCUT2D eigenvalue weighted by Crippen LogP contribution is -2.89. The second-order valence-corrected chi connectivity index (χ2v) is 12.7. The molecular weight excluding hydrogens is 528 g/mol. The molecule has 17 heteroatoms. The van der Waals surface area contributed by atoms with Gasteiger partial charge in [-0.05, 0) is 0 Å². The van der Waals surface area contributed by atoms with E-state index in [2.05, 4.69) is 5.92 Å². The van der Waals surface area contributed by atoms with E-state index >= 15 is 0 Å². The second-order valence-electron chi connectivity index (χ2n) is 7.55. The Morgan fingerprint density at radius 2 is 1.57 bits per heavy atom. The number of non-ortho nitro benzene ring substituents is 1. The van der Waals surface area contributed by atoms with E-state index in [1.54, 1.807) is 0 Å². The molecule has 0 radical (unpaired) electrons. The fourth-order valence-corrected chi connectivity index (χ4v) is 5.85. The first-order valence-electron chi connectivity index (χ1n) is 10.2. The highest BCUT2D eigenvalue weighted by molar-refractivity contribution is 7.89. The Morgan fingerprint density at radius 1 is 1.06 bits per heavy atom. The van der Waals surface area contributed by atoms with Crippen molar-refractivity contribution in [3.05, 3.63) is 27.8 Å². The highest BCUT2D eigenvalue weighted by Gasteiger charge is 2.34. The molecule has 0 atom stereocenters. The first-order valence-corrected chi connectivity index (χ1v) is 15.3. The van der Waals surface area contributed by atoms with Crippen LogP contribution in [0.1, 0.15) is 5.56 Å². The van der Waals surface area contributed by atoms with Crippen LogP contribution in [-0.2, 0) is 38.6 Å². The van der Waals surface area contributed by atoms with Gasteiger partial charge in [0, 0.05) is 25.2 Å². The zero-order valence-corrected chi connectivity index (χ0v) is 21.6. The highest BCUT2D eigenvalue weighted by Crippen LogP contribution is 2.35. The lowest BCUT2D eigenvalue weighted by atomic mass is 10.1. The number of sulfonamides is 1. The lowest BCUT2D eigenvalue weighted by Gasteiger charge is -2.30. The van der Waals surface area contributed by atoms with Crippen molar-refractivity contribution in [3.8, 4) is 12.3 Å². The van der Waals surface area contributed by atoms with Gasteiger partial charge < -0.3 is 10.2 Å². The maximum atomic E-state index is 13.6. The first-order chi connectivity index (χ1) is 16.2. The summed E-state index contributed by atoms with van der Waals surface area (Å²) >= 11 is 0. The highest BCUT2D eigenvalue weighted by atomic mass is 32.2. The molecule has 35 heavy (non-hydrogen) atoms. The Labute approximate surface area is 204 Å². The van der Waals surface area contributed by atoms with E-state index in [4.69, 9.17) is 14.8 Å². The van der Waals surface area contributed by atoms with Gasteiger partial charge >= 0.3 is 0 Å². The molecule has 0 bridgehead atoms. The summed E-state index contributed by atoms with van der Waals surface area (Å²) in [7, 11) is -12.0. The molecule has 0 amide bonds. The van der Waals surface area contributed by atoms with Crippen LogP contribution in [0.5, 0.6) is 0 Å². The molecule has 0 unspecified atom stereocenters. The molecule has 14 nitrogen and oxygen atoms in total. The number of terminal acetylenes is 1. The van der Waals surface area contributed by atoms with Crippen molar-refractivity contribution in [2.24, 2.45) is 0 Å². The molecule has 2 N–H and O–H groups in total. The third-order valence-corrected chi connectivity index (χ3v) is 7.94. The summed E-state index contributed by atoms with van der Waals surface area (Å²) in [5.74, 6) is 2.25. The van der Waals surface area contributed by atoms with Gasteiger partial charge in [-0.2, -0.15) is 21.1 Å². The Hall–Kier alpha value is -2.33. The maximum absolute atomic E-state index is 13.6. The average Bonchev–Trinajstić information content (AvgIpc) is 2.76. The molecule has 1 saturated heterocycles. The second kappa shape index (κ2) is 11.6. The topological polar surface area (TPSA) is 187 Å². The summed E-state index contributed by atoms with van der Waals surface area (Å²) < 4.78 is 83.5. The van der Waals surface area contributed by atoms with E-state index in [1.165, 1.54) is 9.21 Å². The quantitative estimate of drug-likeness (QED) is 0.129. The maximum Gasteiger partial charge on any atom is 0.272 e. The predicted molar refractivity (Wildman–Crippen MR) is 125 cm³/mol. The minimum Gasteiger partial charge on any atom is -0.365 e. The molecule has 1 aliphatic rings. The van der Waals surface area contributed by atoms with Gasteiger partial charge in [0.1, 0.15) is 4.90 Å². The molecule has 1 aliphatic heterocycles. The largest absolute Gasteiger partial charge is 0.365 e. The summed E-state index contributed by atoms with van der Waals surface area (Å²) in [4.78, 5) is 11.5. The van der Waals surface area contributed by atoms with Crippen molar-refractivity contribution >= 4 is 41.6 Å². The van der Waals surface area contributed by atoms with Crippen LogP contribution in [0.3, 0.4) is 0 Å². The molecule has 196 valence electrons. The molecule has 2 rings (SSSR count). The number of nitro groups is 1. The number of hydrogen-bond acceptors (Lipinski definition) is 11. The molecule has 1 heterocycles. The van der Waals surface area contributed by atoms with Crippen molar-refractivity contribution in [1.82, 2.24) is 4.31 Å². The molecule has 1 fully saturated rings. The SMILES string of the molecule is C#Cc1cc([N+](=O)[O-])cc(S(=O)(=O)N2CC[NH2+]CC2)c1N(CCOS(C)(=O)=O)CCOS(C)(=O)=O. The molecule has 0 spiro atoms. The van der Waals surface area contributed by atoms with Crippen LogP contribution in [0, 0.1) is 22.5 Å². The number of quaternary nitrogens is 1. The molecule has 1 aromatic carbocycles. The smallest absolute Gasteiger partial charge is 0.272 e. The van der Waals surface area contributed by atoms with Crippen LogP contribution in [0.2, 0.25) is 0 Å². The predicted octanol–water partition coefficient (Wildman–Crippen LogP) is -2.10. The van der Waals surface area contributed by atoms with Crippen LogP contribution < -0.4 is 10.2 Å². The zero-order valence-electron chi connectivity index (χ0n) is 19.1. The fourth-order valence-electron chi connectivity index (χ4n) is 3.37. The van der Waals surface area contributed by atoms with Gasteiger partial charge in [-0.3, -0.25) is 18.5 Å². The number of anilines is 1. The Morgan fingerprint density at radius 3 is 2.00 bits per heavy atom. The van der Waals surface area contributed by atoms with Gasteiger partial charge in [-0.15, -0.1) is 6.42 Å². The van der Waals surface area contributed by atoms with Crippen LogP contribution >= 0.6 is 0 Å². The summed E-state index contributed by atoms with van der Waals surface area (Å²) in [6.45, 7) is -0.0760. The van der Waals surface area contributed by atoms with Crippen molar-refractivity contribution in [3.63, 3.8) is 0 Å². The Kier molecular flexibility index (Phi) is 9.58. The number of nitrogens with two attached hydrogens (primary N) is 1. The van der Waals surface area contributed by atoms with E-state index in [0.717, 1.165) is 24.6 Å². The minimum absolute atomic E-state index is 0.123. The van der Waals surface area contributed by atoms with Gasteiger partial charge in [-0.1, -0.05) is 5.92 Å². The van der Waals surface area contributed by atoms with Crippen molar-refractivity contribution in [2.75, 3.05) is 69.9 Å². The fraction of sp³-hybridized carbons (Fsp3) is 0.556. The number of nitro benzene ring substituents is 1. The zero-order chi connectivity index (χ0) is 26.4. The number of piperazine rings is 1. The Bertz CT molecular complexity index is 1260. The van der Waals surface area contributed by atoms with Crippen LogP contribution in [0.4, 0.5) is 11.4 Å².